The van der Waals surface area contributed by atoms with Gasteiger partial charge in [-0.15, -0.1) is 0 Å². The second kappa shape index (κ2) is 3.39. The molecule has 0 aliphatic carbocycles. The quantitative estimate of drug-likeness (QED) is 0.377. The monoisotopic (exact) mass is 163 g/mol. The van der Waals surface area contributed by atoms with Crippen molar-refractivity contribution < 1.29 is 4.92 Å². The summed E-state index contributed by atoms with van der Waals surface area (Å²) >= 11 is 0. The highest BCUT2D eigenvalue weighted by Crippen LogP contribution is 2.07. The van der Waals surface area contributed by atoms with Gasteiger partial charge in [-0.05, 0) is 0 Å². The highest BCUT2D eigenvalue weighted by molar-refractivity contribution is 6.70. The summed E-state index contributed by atoms with van der Waals surface area (Å²) in [5.41, 5.74) is 1.17. The minimum Gasteiger partial charge on any atom is -0.258 e. The molecule has 0 fully saturated rings. The maximum Gasteiger partial charge on any atom is 0.268 e. The van der Waals surface area contributed by atoms with E-state index in [1.807, 2.05) is 19.7 Å². The van der Waals surface area contributed by atoms with Crippen LogP contribution in [0.15, 0.2) is 24.3 Å². The summed E-state index contributed by atoms with van der Waals surface area (Å²) in [6.45, 7) is 4.36. The van der Waals surface area contributed by atoms with Gasteiger partial charge in [0.15, 0.2) is 6.71 Å². The van der Waals surface area contributed by atoms with Crippen molar-refractivity contribution in [2.24, 2.45) is 0 Å². The van der Waals surface area contributed by atoms with Gasteiger partial charge in [-0.25, -0.2) is 0 Å². The largest absolute Gasteiger partial charge is 0.268 e. The lowest BCUT2D eigenvalue weighted by atomic mass is 9.49. The molecule has 12 heavy (non-hydrogen) atoms. The summed E-state index contributed by atoms with van der Waals surface area (Å²) in [6, 6.07) is 6.74. The summed E-state index contributed by atoms with van der Waals surface area (Å²) in [5, 5.41) is 10.4. The lowest BCUT2D eigenvalue weighted by molar-refractivity contribution is -0.384. The van der Waals surface area contributed by atoms with Gasteiger partial charge in [0.2, 0.25) is 0 Å². The molecule has 0 amide bonds. The van der Waals surface area contributed by atoms with Crippen LogP contribution in [0, 0.1) is 10.1 Å². The molecular formula is C8H10BNO2. The van der Waals surface area contributed by atoms with E-state index in [0.29, 0.717) is 6.71 Å². The first-order chi connectivity index (χ1) is 5.61. The molecule has 0 unspecified atom stereocenters. The van der Waals surface area contributed by atoms with E-state index >= 15 is 0 Å². The molecule has 0 atom stereocenters. The molecule has 0 N–H and O–H groups in total. The van der Waals surface area contributed by atoms with E-state index in [-0.39, 0.29) is 10.6 Å². The molecule has 0 radical (unpaired) electrons. The first kappa shape index (κ1) is 8.78. The molecule has 1 aromatic carbocycles. The number of rotatable bonds is 2. The Morgan fingerprint density at radius 1 is 1.42 bits per heavy atom. The number of nitro benzene ring substituents is 1. The topological polar surface area (TPSA) is 43.1 Å². The summed E-state index contributed by atoms with van der Waals surface area (Å²) in [6.07, 6.45) is 0. The van der Waals surface area contributed by atoms with Crippen molar-refractivity contribution in [3.63, 3.8) is 0 Å². The molecule has 0 saturated carbocycles. The van der Waals surface area contributed by atoms with E-state index in [0.717, 1.165) is 5.46 Å². The Bertz CT molecular complexity index is 299. The zero-order chi connectivity index (χ0) is 9.14. The predicted octanol–water partition coefficient (Wildman–Crippen LogP) is 1.56. The van der Waals surface area contributed by atoms with Gasteiger partial charge in [0.1, 0.15) is 0 Å². The van der Waals surface area contributed by atoms with E-state index in [9.17, 15) is 10.1 Å². The van der Waals surface area contributed by atoms with Crippen LogP contribution in [0.3, 0.4) is 0 Å². The maximum atomic E-state index is 10.4. The standard InChI is InChI=1S/C8H10BNO2/c1-9(2)7-4-3-5-8(6-7)10(11)12/h3-6H,1-2H3. The molecule has 0 saturated heterocycles. The molecule has 0 heterocycles. The Hall–Kier alpha value is -1.32. The van der Waals surface area contributed by atoms with Crippen LogP contribution < -0.4 is 5.46 Å². The summed E-state index contributed by atoms with van der Waals surface area (Å²) in [5.74, 6) is 0. The summed E-state index contributed by atoms with van der Waals surface area (Å²) in [7, 11) is 0. The first-order valence-corrected chi connectivity index (χ1v) is 3.85. The van der Waals surface area contributed by atoms with Crippen molar-refractivity contribution in [1.82, 2.24) is 0 Å². The molecule has 0 aliphatic heterocycles. The van der Waals surface area contributed by atoms with Gasteiger partial charge in [0.05, 0.1) is 4.92 Å². The lowest BCUT2D eigenvalue weighted by Crippen LogP contribution is -2.22. The minimum atomic E-state index is -0.369. The molecule has 62 valence electrons. The molecular weight excluding hydrogens is 153 g/mol. The van der Waals surface area contributed by atoms with Crippen LogP contribution in [0.25, 0.3) is 0 Å². The van der Waals surface area contributed by atoms with Gasteiger partial charge in [-0.1, -0.05) is 31.2 Å². The van der Waals surface area contributed by atoms with Gasteiger partial charge in [-0.2, -0.15) is 0 Å². The van der Waals surface area contributed by atoms with Gasteiger partial charge in [-0.3, -0.25) is 10.1 Å². The zero-order valence-electron chi connectivity index (χ0n) is 7.15. The molecule has 0 bridgehead atoms. The minimum absolute atomic E-state index is 0.168. The fourth-order valence-electron chi connectivity index (χ4n) is 0.997. The zero-order valence-corrected chi connectivity index (χ0v) is 7.15. The Balaban J connectivity index is 3.04. The highest BCUT2D eigenvalue weighted by atomic mass is 16.6. The Morgan fingerprint density at radius 3 is 2.58 bits per heavy atom. The normalized spacial score (nSPS) is 9.50. The third kappa shape index (κ3) is 1.84. The van der Waals surface area contributed by atoms with Crippen molar-refractivity contribution in [2.75, 3.05) is 0 Å². The number of nitrogens with zero attached hydrogens (tertiary/aromatic N) is 1. The van der Waals surface area contributed by atoms with Gasteiger partial charge in [0.25, 0.3) is 5.69 Å². The molecule has 0 spiro atoms. The van der Waals surface area contributed by atoms with Crippen LogP contribution in [-0.4, -0.2) is 11.6 Å². The second-order valence-electron chi connectivity index (χ2n) is 3.01. The van der Waals surface area contributed by atoms with Crippen LogP contribution in [0.5, 0.6) is 0 Å². The number of hydrogen-bond acceptors (Lipinski definition) is 2. The Morgan fingerprint density at radius 2 is 2.08 bits per heavy atom. The number of hydrogen-bond donors (Lipinski definition) is 0. The first-order valence-electron chi connectivity index (χ1n) is 3.85. The van der Waals surface area contributed by atoms with Crippen LogP contribution in [-0.2, 0) is 0 Å². The predicted molar refractivity (Wildman–Crippen MR) is 50.2 cm³/mol. The molecule has 1 rings (SSSR count). The Kier molecular flexibility index (Phi) is 2.48. The maximum absolute atomic E-state index is 10.4. The fourth-order valence-corrected chi connectivity index (χ4v) is 0.997. The highest BCUT2D eigenvalue weighted by Gasteiger charge is 2.08. The average molecular weight is 163 g/mol. The summed E-state index contributed by atoms with van der Waals surface area (Å²) in [4.78, 5) is 10.0. The smallest absolute Gasteiger partial charge is 0.258 e. The molecule has 4 heteroatoms. The van der Waals surface area contributed by atoms with E-state index in [1.165, 1.54) is 6.07 Å². The SMILES string of the molecule is CB(C)c1cccc([N+](=O)[O-])c1. The van der Waals surface area contributed by atoms with Crippen molar-refractivity contribution >= 4 is 17.9 Å². The van der Waals surface area contributed by atoms with Crippen LogP contribution in [0.1, 0.15) is 0 Å². The molecule has 3 nitrogen and oxygen atoms in total. The Labute approximate surface area is 71.6 Å². The van der Waals surface area contributed by atoms with Crippen molar-refractivity contribution in [3.05, 3.63) is 34.4 Å². The van der Waals surface area contributed by atoms with Crippen LogP contribution in [0.4, 0.5) is 5.69 Å². The van der Waals surface area contributed by atoms with Gasteiger partial charge < -0.3 is 0 Å². The second-order valence-corrected chi connectivity index (χ2v) is 3.01. The number of nitro groups is 1. The number of non-ortho nitro benzene ring substituents is 1. The van der Waals surface area contributed by atoms with Crippen LogP contribution >= 0.6 is 0 Å². The van der Waals surface area contributed by atoms with Crippen molar-refractivity contribution in [2.45, 2.75) is 13.6 Å². The van der Waals surface area contributed by atoms with E-state index in [4.69, 9.17) is 0 Å². The van der Waals surface area contributed by atoms with E-state index in [1.54, 1.807) is 12.1 Å². The van der Waals surface area contributed by atoms with Crippen molar-refractivity contribution in [3.8, 4) is 0 Å². The molecule has 1 aromatic rings. The van der Waals surface area contributed by atoms with E-state index < -0.39 is 0 Å². The fraction of sp³-hybridized carbons (Fsp3) is 0.250. The lowest BCUT2D eigenvalue weighted by Gasteiger charge is -2.00. The summed E-state index contributed by atoms with van der Waals surface area (Å²) < 4.78 is 0. The molecule has 0 aromatic heterocycles. The number of benzene rings is 1. The third-order valence-corrected chi connectivity index (χ3v) is 1.75. The molecule has 0 aliphatic rings. The van der Waals surface area contributed by atoms with Crippen LogP contribution in [0.2, 0.25) is 13.6 Å². The van der Waals surface area contributed by atoms with Gasteiger partial charge >= 0.3 is 0 Å². The van der Waals surface area contributed by atoms with Crippen molar-refractivity contribution in [1.29, 1.82) is 0 Å². The third-order valence-electron chi connectivity index (χ3n) is 1.75. The van der Waals surface area contributed by atoms with Gasteiger partial charge in [0, 0.05) is 12.1 Å². The average Bonchev–Trinajstić information content (AvgIpc) is 2.04. The van der Waals surface area contributed by atoms with E-state index in [2.05, 4.69) is 0 Å².